The van der Waals surface area contributed by atoms with Crippen molar-refractivity contribution in [2.24, 2.45) is 0 Å². The van der Waals surface area contributed by atoms with Crippen LogP contribution in [0.15, 0.2) is 10.7 Å². The molecule has 2 fully saturated rings. The molecule has 1 spiro atoms. The number of sulfone groups is 1. The van der Waals surface area contributed by atoms with Gasteiger partial charge in [0, 0.05) is 35.8 Å². The van der Waals surface area contributed by atoms with Crippen LogP contribution < -0.4 is 10.6 Å². The predicted octanol–water partition coefficient (Wildman–Crippen LogP) is 4.23. The van der Waals surface area contributed by atoms with E-state index in [0.29, 0.717) is 53.5 Å². The van der Waals surface area contributed by atoms with Crippen LogP contribution in [0.1, 0.15) is 85.2 Å². The molecule has 4 atom stereocenters. The number of nitrogen functional groups attached to an aromatic ring is 1. The summed E-state index contributed by atoms with van der Waals surface area (Å²) in [5, 5.41) is 20.6. The number of hydrogen-bond donors (Lipinski definition) is 1. The summed E-state index contributed by atoms with van der Waals surface area (Å²) >= 11 is 1.53. The number of nitrogens with zero attached hydrogens (tertiary/aromatic N) is 8. The molecule has 0 radical (unpaired) electrons. The lowest BCUT2D eigenvalue weighted by Crippen LogP contribution is -2.35. The van der Waals surface area contributed by atoms with Crippen molar-refractivity contribution in [2.75, 3.05) is 43.6 Å². The van der Waals surface area contributed by atoms with E-state index in [-0.39, 0.29) is 6.04 Å². The maximum absolute atomic E-state index is 12.5. The summed E-state index contributed by atoms with van der Waals surface area (Å²) in [5.74, 6) is 1.95. The van der Waals surface area contributed by atoms with E-state index in [1.54, 1.807) is 0 Å². The molecule has 4 aliphatic rings. The van der Waals surface area contributed by atoms with Gasteiger partial charge in [0.25, 0.3) is 0 Å². The van der Waals surface area contributed by atoms with Crippen LogP contribution in [-0.4, -0.2) is 82.5 Å². The van der Waals surface area contributed by atoms with Crippen molar-refractivity contribution in [3.63, 3.8) is 0 Å². The van der Waals surface area contributed by atoms with Crippen molar-refractivity contribution in [3.8, 4) is 17.6 Å². The molecular weight excluding hydrogens is 623 g/mol. The summed E-state index contributed by atoms with van der Waals surface area (Å²) in [5.41, 5.74) is 9.85. The third-order valence-electron chi connectivity index (χ3n) is 11.1. The minimum Gasteiger partial charge on any atom is -0.389 e. The van der Waals surface area contributed by atoms with Crippen molar-refractivity contribution in [1.82, 2.24) is 29.8 Å². The molecule has 2 aliphatic carbocycles. The highest BCUT2D eigenvalue weighted by atomic mass is 32.2. The molecule has 4 unspecified atom stereocenters. The van der Waals surface area contributed by atoms with E-state index in [1.807, 2.05) is 10.9 Å². The Hall–Kier alpha value is -3.54. The molecule has 2 saturated heterocycles. The zero-order valence-corrected chi connectivity index (χ0v) is 28.1. The average Bonchev–Trinajstić information content (AvgIpc) is 3.85. The highest BCUT2D eigenvalue weighted by Gasteiger charge is 2.49. The second-order valence-corrected chi connectivity index (χ2v) is 17.2. The van der Waals surface area contributed by atoms with Gasteiger partial charge in [0.15, 0.2) is 32.8 Å². The summed E-state index contributed by atoms with van der Waals surface area (Å²) < 4.78 is 33.3. The highest BCUT2D eigenvalue weighted by molar-refractivity contribution is 7.91. The molecule has 14 heteroatoms. The molecule has 0 aromatic carbocycles. The highest BCUT2D eigenvalue weighted by Crippen LogP contribution is 2.55. The van der Waals surface area contributed by atoms with E-state index in [9.17, 15) is 13.7 Å². The Kier molecular flexibility index (Phi) is 6.97. The van der Waals surface area contributed by atoms with Gasteiger partial charge in [0.1, 0.15) is 16.9 Å². The van der Waals surface area contributed by atoms with Gasteiger partial charge in [0.2, 0.25) is 0 Å². The summed E-state index contributed by atoms with van der Waals surface area (Å²) in [4.78, 5) is 15.9. The van der Waals surface area contributed by atoms with Gasteiger partial charge >= 0.3 is 0 Å². The lowest BCUT2D eigenvalue weighted by molar-refractivity contribution is 0.232. The number of anilines is 2. The van der Waals surface area contributed by atoms with Crippen molar-refractivity contribution < 1.29 is 12.9 Å². The Balaban J connectivity index is 1.29. The quantitative estimate of drug-likeness (QED) is 0.326. The fourth-order valence-electron chi connectivity index (χ4n) is 8.75. The number of nitrogens with two attached hydrogens (primary N) is 1. The summed E-state index contributed by atoms with van der Waals surface area (Å²) in [6.45, 7) is 4.19. The Morgan fingerprint density at radius 2 is 1.98 bits per heavy atom. The van der Waals surface area contributed by atoms with Gasteiger partial charge in [-0.05, 0) is 83.9 Å². The molecule has 0 saturated carbocycles. The summed E-state index contributed by atoms with van der Waals surface area (Å²) in [6.07, 6.45) is 11.3. The smallest absolute Gasteiger partial charge is 0.186 e. The fraction of sp³-hybridized carbons (Fsp3) is 0.594. The molecule has 46 heavy (non-hydrogen) atoms. The Bertz CT molecular complexity index is 2000. The van der Waals surface area contributed by atoms with E-state index in [1.165, 1.54) is 22.5 Å². The van der Waals surface area contributed by atoms with E-state index in [0.717, 1.165) is 85.8 Å². The van der Waals surface area contributed by atoms with Crippen LogP contribution in [0.4, 0.5) is 10.8 Å². The molecule has 2 aliphatic heterocycles. The maximum Gasteiger partial charge on any atom is 0.186 e. The van der Waals surface area contributed by atoms with Crippen LogP contribution in [0.2, 0.25) is 0 Å². The Labute approximate surface area is 272 Å². The number of aryl methyl sites for hydroxylation is 1. The Morgan fingerprint density at radius 1 is 1.17 bits per heavy atom. The molecule has 242 valence electrons. The Morgan fingerprint density at radius 3 is 2.70 bits per heavy atom. The first-order valence-electron chi connectivity index (χ1n) is 16.3. The molecule has 8 rings (SSSR count). The van der Waals surface area contributed by atoms with E-state index in [2.05, 4.69) is 35.0 Å². The topological polar surface area (TPSA) is 160 Å². The zero-order chi connectivity index (χ0) is 32.0. The largest absolute Gasteiger partial charge is 0.389 e. The minimum absolute atomic E-state index is 0.0755. The number of likely N-dealkylation sites (N-methyl/N-ethyl adjacent to an activating group) is 1. The standard InChI is InChI=1S/C32H39N9O3S2/c1-18(23-8-6-13-39(23)2)41-31-22(16-35-41)30(40-14-10-19(17-40)46(3,42)43)36-29(37-31)26-20-7-4-11-32(27(20)44-38-26)12-5-9-24-25(32)21(15-33)28(34)45-24/h16,18-19,23H,4-14,17,34H2,1-3H3. The molecule has 4 aromatic heterocycles. The van der Waals surface area contributed by atoms with Crippen molar-refractivity contribution in [2.45, 2.75) is 87.5 Å². The molecule has 0 amide bonds. The van der Waals surface area contributed by atoms with Crippen LogP contribution >= 0.6 is 11.3 Å². The maximum atomic E-state index is 12.5. The fourth-order valence-corrected chi connectivity index (χ4v) is 10.9. The van der Waals surface area contributed by atoms with Crippen molar-refractivity contribution in [3.05, 3.63) is 33.5 Å². The number of nitriles is 1. The number of aromatic nitrogens is 5. The monoisotopic (exact) mass is 661 g/mol. The molecule has 4 aromatic rings. The van der Waals surface area contributed by atoms with Gasteiger partial charge in [-0.3, -0.25) is 0 Å². The van der Waals surface area contributed by atoms with Gasteiger partial charge in [-0.1, -0.05) is 5.16 Å². The van der Waals surface area contributed by atoms with E-state index in [4.69, 9.17) is 25.3 Å². The molecular formula is C32H39N9O3S2. The number of hydrogen-bond acceptors (Lipinski definition) is 12. The third kappa shape index (κ3) is 4.41. The van der Waals surface area contributed by atoms with Crippen LogP contribution in [0.5, 0.6) is 0 Å². The third-order valence-corrected chi connectivity index (χ3v) is 13.7. The molecule has 0 bridgehead atoms. The van der Waals surface area contributed by atoms with Crippen LogP contribution in [0, 0.1) is 11.3 Å². The van der Waals surface area contributed by atoms with Crippen LogP contribution in [0.3, 0.4) is 0 Å². The normalized spacial score (nSPS) is 25.7. The first-order chi connectivity index (χ1) is 22.1. The summed E-state index contributed by atoms with van der Waals surface area (Å²) in [7, 11) is -1.04. The first kappa shape index (κ1) is 29.8. The lowest BCUT2D eigenvalue weighted by atomic mass is 9.63. The molecule has 12 nitrogen and oxygen atoms in total. The average molecular weight is 662 g/mol. The van der Waals surface area contributed by atoms with Gasteiger partial charge in [0.05, 0.1) is 33.9 Å². The number of likely N-dealkylation sites (tertiary alicyclic amines) is 1. The van der Waals surface area contributed by atoms with E-state index < -0.39 is 20.5 Å². The molecule has 2 N–H and O–H groups in total. The van der Waals surface area contributed by atoms with Gasteiger partial charge < -0.3 is 20.1 Å². The number of rotatable bonds is 5. The van der Waals surface area contributed by atoms with Crippen LogP contribution in [0.25, 0.3) is 22.6 Å². The van der Waals surface area contributed by atoms with Crippen molar-refractivity contribution >= 4 is 43.0 Å². The van der Waals surface area contributed by atoms with Gasteiger partial charge in [-0.25, -0.2) is 23.1 Å². The summed E-state index contributed by atoms with van der Waals surface area (Å²) in [6, 6.07) is 2.80. The van der Waals surface area contributed by atoms with Crippen molar-refractivity contribution in [1.29, 1.82) is 5.26 Å². The van der Waals surface area contributed by atoms with Gasteiger partial charge in [-0.2, -0.15) is 10.4 Å². The molecule has 6 heterocycles. The number of thiophene rings is 1. The lowest BCUT2D eigenvalue weighted by Gasteiger charge is -2.39. The second kappa shape index (κ2) is 10.7. The second-order valence-electron chi connectivity index (χ2n) is 13.7. The number of fused-ring (bicyclic) bond motifs is 5. The minimum atomic E-state index is -3.20. The SMILES string of the molecule is CC(C1CCCN1C)n1ncc2c(N3CCC(S(C)(=O)=O)C3)nc(-c3noc4c3CCCC43CCCc4sc(N)c(C#N)c43)nc21. The van der Waals surface area contributed by atoms with Gasteiger partial charge in [-0.15, -0.1) is 11.3 Å². The predicted molar refractivity (Wildman–Crippen MR) is 177 cm³/mol. The van der Waals surface area contributed by atoms with Crippen LogP contribution in [-0.2, 0) is 28.1 Å². The van der Waals surface area contributed by atoms with E-state index >= 15 is 0 Å². The first-order valence-corrected chi connectivity index (χ1v) is 19.1. The zero-order valence-electron chi connectivity index (χ0n) is 26.5.